The number of aliphatic hydroxyl groups is 2. The molecular weight excluding hydrogens is 518 g/mol. The fourth-order valence-electron chi connectivity index (χ4n) is 6.08. The summed E-state index contributed by atoms with van der Waals surface area (Å²) < 4.78 is 5.24. The van der Waals surface area contributed by atoms with Crippen molar-refractivity contribution in [3.8, 4) is 11.5 Å². The summed E-state index contributed by atoms with van der Waals surface area (Å²) in [5.41, 5.74) is 6.33. The van der Waals surface area contributed by atoms with Crippen molar-refractivity contribution < 1.29 is 39.2 Å². The maximum Gasteiger partial charge on any atom is 0.412 e. The maximum atomic E-state index is 13.7. The standard InChI is InChI=1S/C29H29N3O8/c1-32(2)18-10-15(12-31-29(39)40-16-6-4-3-5-7-16)24(34)22-17(18)9-13-8-14-11-19(33)23(28(30)38)27(37)21(14)25(35)20(13)26(22)36/h3-7,10,13-14,21,34,36-37H,8-9,11-12H2,1-2H3,(H2,30,38)(H,31,39). The number of anilines is 1. The van der Waals surface area contributed by atoms with Crippen LogP contribution in [0.3, 0.4) is 0 Å². The molecule has 40 heavy (non-hydrogen) atoms. The molecule has 0 radical (unpaired) electrons. The minimum atomic E-state index is -1.19. The van der Waals surface area contributed by atoms with Gasteiger partial charge in [-0.1, -0.05) is 18.2 Å². The van der Waals surface area contributed by atoms with Crippen LogP contribution in [0, 0.1) is 17.8 Å². The Morgan fingerprint density at radius 1 is 1.10 bits per heavy atom. The average molecular weight is 548 g/mol. The number of hydrogen-bond acceptors (Lipinski definition) is 9. The second kappa shape index (κ2) is 10.1. The van der Waals surface area contributed by atoms with Crippen molar-refractivity contribution in [3.63, 3.8) is 0 Å². The number of para-hydroxylation sites is 1. The molecule has 0 saturated heterocycles. The Kier molecular flexibility index (Phi) is 6.74. The summed E-state index contributed by atoms with van der Waals surface area (Å²) in [7, 11) is 3.58. The largest absolute Gasteiger partial charge is 0.511 e. The predicted octanol–water partition coefficient (Wildman–Crippen LogP) is 2.66. The molecule has 0 spiro atoms. The minimum Gasteiger partial charge on any atom is -0.511 e. The van der Waals surface area contributed by atoms with Gasteiger partial charge >= 0.3 is 6.09 Å². The van der Waals surface area contributed by atoms with Gasteiger partial charge in [-0.2, -0.15) is 0 Å². The van der Waals surface area contributed by atoms with Crippen LogP contribution in [0.5, 0.6) is 11.5 Å². The topological polar surface area (TPSA) is 179 Å². The summed E-state index contributed by atoms with van der Waals surface area (Å²) >= 11 is 0. The summed E-state index contributed by atoms with van der Waals surface area (Å²) in [5.74, 6) is -5.63. The number of nitrogens with two attached hydrogens (primary N) is 1. The minimum absolute atomic E-state index is 0.0204. The number of amides is 2. The number of ether oxygens (including phenoxy) is 1. The van der Waals surface area contributed by atoms with Gasteiger partial charge in [-0.3, -0.25) is 14.4 Å². The zero-order valence-electron chi connectivity index (χ0n) is 21.9. The third-order valence-corrected chi connectivity index (χ3v) is 7.80. The van der Waals surface area contributed by atoms with Crippen LogP contribution in [0.4, 0.5) is 10.5 Å². The number of nitrogens with one attached hydrogen (secondary N) is 1. The van der Waals surface area contributed by atoms with E-state index in [4.69, 9.17) is 10.5 Å². The zero-order valence-corrected chi connectivity index (χ0v) is 21.9. The molecular formula is C29H29N3O8. The van der Waals surface area contributed by atoms with Crippen LogP contribution in [0.15, 0.2) is 53.3 Å². The highest BCUT2D eigenvalue weighted by Crippen LogP contribution is 2.52. The SMILES string of the molecule is CN(C)c1cc(CNC(=O)Oc2ccccc2)c(O)c2c1CC1CC3CC(=O)C(C(N)=O)=C(O)C3C(=O)C1=C2O. The highest BCUT2D eigenvalue weighted by Gasteiger charge is 2.51. The van der Waals surface area contributed by atoms with Crippen molar-refractivity contribution in [1.82, 2.24) is 5.32 Å². The number of aromatic hydroxyl groups is 1. The number of nitrogens with zero attached hydrogens (tertiary/aromatic N) is 1. The number of phenolic OH excluding ortho intramolecular Hbond substituents is 1. The van der Waals surface area contributed by atoms with Crippen LogP contribution in [0.25, 0.3) is 5.76 Å². The van der Waals surface area contributed by atoms with E-state index in [1.165, 1.54) is 0 Å². The number of phenols is 1. The molecule has 0 aromatic heterocycles. The lowest BCUT2D eigenvalue weighted by molar-refractivity contribution is -0.127. The maximum absolute atomic E-state index is 13.7. The second-order valence-electron chi connectivity index (χ2n) is 10.5. The first kappa shape index (κ1) is 26.8. The molecule has 208 valence electrons. The number of benzene rings is 2. The molecule has 2 amide bonds. The van der Waals surface area contributed by atoms with Crippen molar-refractivity contribution >= 4 is 35.0 Å². The highest BCUT2D eigenvalue weighted by atomic mass is 16.6. The number of carbonyl (C=O) groups excluding carboxylic acids is 4. The van der Waals surface area contributed by atoms with Crippen LogP contribution in [-0.2, 0) is 27.3 Å². The van der Waals surface area contributed by atoms with E-state index in [0.29, 0.717) is 23.4 Å². The lowest BCUT2D eigenvalue weighted by atomic mass is 9.61. The Morgan fingerprint density at radius 2 is 1.80 bits per heavy atom. The van der Waals surface area contributed by atoms with E-state index in [9.17, 15) is 34.5 Å². The molecule has 11 heteroatoms. The molecule has 3 unspecified atom stereocenters. The molecule has 0 bridgehead atoms. The number of aliphatic hydroxyl groups excluding tert-OH is 2. The Labute approximate surface area is 229 Å². The summed E-state index contributed by atoms with van der Waals surface area (Å²) in [6.45, 7) is -0.135. The first-order valence-corrected chi connectivity index (χ1v) is 12.8. The lowest BCUT2D eigenvalue weighted by Crippen LogP contribution is -2.44. The predicted molar refractivity (Wildman–Crippen MR) is 144 cm³/mol. The van der Waals surface area contributed by atoms with E-state index < -0.39 is 58.4 Å². The van der Waals surface area contributed by atoms with Gasteiger partial charge in [0.25, 0.3) is 5.91 Å². The normalized spacial score (nSPS) is 21.8. The van der Waals surface area contributed by atoms with Crippen LogP contribution < -0.4 is 20.7 Å². The number of ketones is 2. The van der Waals surface area contributed by atoms with E-state index in [0.717, 1.165) is 0 Å². The monoisotopic (exact) mass is 547 g/mol. The van der Waals surface area contributed by atoms with E-state index in [1.54, 1.807) is 55.4 Å². The summed E-state index contributed by atoms with van der Waals surface area (Å²) in [6, 6.07) is 10.1. The zero-order chi connectivity index (χ0) is 28.9. The second-order valence-corrected chi connectivity index (χ2v) is 10.5. The molecule has 3 aliphatic carbocycles. The van der Waals surface area contributed by atoms with Gasteiger partial charge in [-0.25, -0.2) is 4.79 Å². The molecule has 2 aromatic rings. The Balaban J connectivity index is 1.52. The first-order valence-electron chi connectivity index (χ1n) is 12.8. The summed E-state index contributed by atoms with van der Waals surface area (Å²) in [4.78, 5) is 52.1. The quantitative estimate of drug-likeness (QED) is 0.352. The Morgan fingerprint density at radius 3 is 2.45 bits per heavy atom. The van der Waals surface area contributed by atoms with Gasteiger partial charge in [0.15, 0.2) is 11.6 Å². The fraction of sp³-hybridized carbons (Fsp3) is 0.310. The van der Waals surface area contributed by atoms with Gasteiger partial charge in [-0.15, -0.1) is 0 Å². The van der Waals surface area contributed by atoms with E-state index in [2.05, 4.69) is 5.32 Å². The molecule has 0 heterocycles. The van der Waals surface area contributed by atoms with Gasteiger partial charge in [0.2, 0.25) is 0 Å². The van der Waals surface area contributed by atoms with Gasteiger partial charge in [0.05, 0.1) is 11.5 Å². The van der Waals surface area contributed by atoms with Crippen LogP contribution in [0.2, 0.25) is 0 Å². The number of rotatable bonds is 5. The molecule has 3 aliphatic rings. The van der Waals surface area contributed by atoms with E-state index in [-0.39, 0.29) is 41.8 Å². The van der Waals surface area contributed by atoms with Gasteiger partial charge in [0, 0.05) is 43.9 Å². The number of Topliss-reactive ketones (excluding diaryl/α,β-unsaturated/α-hetero) is 2. The Bertz CT molecular complexity index is 1510. The number of primary amides is 1. The number of fused-ring (bicyclic) bond motifs is 3. The first-order chi connectivity index (χ1) is 19.0. The van der Waals surface area contributed by atoms with Gasteiger partial charge in [0.1, 0.15) is 28.6 Å². The van der Waals surface area contributed by atoms with Crippen molar-refractivity contribution in [2.45, 2.75) is 25.8 Å². The summed E-state index contributed by atoms with van der Waals surface area (Å²) in [5, 5.41) is 36.0. The Hall–Kier alpha value is -4.80. The summed E-state index contributed by atoms with van der Waals surface area (Å²) in [6.07, 6.45) is -0.272. The van der Waals surface area contributed by atoms with Crippen LogP contribution >= 0.6 is 0 Å². The van der Waals surface area contributed by atoms with Crippen molar-refractivity contribution in [3.05, 3.63) is 70.0 Å². The van der Waals surface area contributed by atoms with Gasteiger partial charge < -0.3 is 36.0 Å². The van der Waals surface area contributed by atoms with E-state index in [1.807, 2.05) is 0 Å². The third kappa shape index (κ3) is 4.42. The molecule has 0 aliphatic heterocycles. The van der Waals surface area contributed by atoms with E-state index >= 15 is 0 Å². The number of carbonyl (C=O) groups is 4. The lowest BCUT2D eigenvalue weighted by Gasteiger charge is -2.41. The highest BCUT2D eigenvalue weighted by molar-refractivity contribution is 6.21. The molecule has 11 nitrogen and oxygen atoms in total. The average Bonchev–Trinajstić information content (AvgIpc) is 2.87. The third-order valence-electron chi connectivity index (χ3n) is 7.80. The number of hydrogen-bond donors (Lipinski definition) is 5. The van der Waals surface area contributed by atoms with Crippen molar-refractivity contribution in [2.24, 2.45) is 23.5 Å². The molecule has 1 fully saturated rings. The fourth-order valence-corrected chi connectivity index (χ4v) is 6.08. The van der Waals surface area contributed by atoms with Crippen LogP contribution in [0.1, 0.15) is 29.5 Å². The van der Waals surface area contributed by atoms with Crippen molar-refractivity contribution in [1.29, 1.82) is 0 Å². The van der Waals surface area contributed by atoms with Crippen LogP contribution in [-0.4, -0.2) is 53.0 Å². The molecule has 3 atom stereocenters. The van der Waals surface area contributed by atoms with Crippen molar-refractivity contribution in [2.75, 3.05) is 19.0 Å². The molecule has 2 aromatic carbocycles. The molecule has 1 saturated carbocycles. The molecule has 5 rings (SSSR count). The number of allylic oxidation sites excluding steroid dienone is 2. The smallest absolute Gasteiger partial charge is 0.412 e. The van der Waals surface area contributed by atoms with Gasteiger partial charge in [-0.05, 0) is 48.4 Å². The molecule has 6 N–H and O–H groups in total.